The van der Waals surface area contributed by atoms with E-state index in [2.05, 4.69) is 10.4 Å². The Morgan fingerprint density at radius 2 is 2.15 bits per heavy atom. The van der Waals surface area contributed by atoms with E-state index in [1.165, 1.54) is 6.07 Å². The van der Waals surface area contributed by atoms with Gasteiger partial charge in [0.25, 0.3) is 5.91 Å². The first-order valence-electron chi connectivity index (χ1n) is 8.38. The molecule has 2 heterocycles. The average Bonchev–Trinajstić information content (AvgIpc) is 2.96. The molecule has 9 heteroatoms. The molecule has 3 rings (SSSR count). The molecule has 1 N–H and O–H groups in total. The van der Waals surface area contributed by atoms with Crippen molar-refractivity contribution in [3.05, 3.63) is 35.1 Å². The van der Waals surface area contributed by atoms with Crippen molar-refractivity contribution < 1.29 is 22.4 Å². The Balaban J connectivity index is 1.67. The van der Waals surface area contributed by atoms with E-state index in [1.54, 1.807) is 19.1 Å². The fourth-order valence-electron chi connectivity index (χ4n) is 3.02. The molecule has 2 aliphatic rings. The van der Waals surface area contributed by atoms with Crippen LogP contribution in [0.25, 0.3) is 0 Å². The van der Waals surface area contributed by atoms with Gasteiger partial charge in [-0.25, -0.2) is 17.8 Å². The Labute approximate surface area is 151 Å². The number of hydrogen-bond acceptors (Lipinski definition) is 5. The summed E-state index contributed by atoms with van der Waals surface area (Å²) in [5, 5.41) is 7.92. The lowest BCUT2D eigenvalue weighted by Crippen LogP contribution is -2.43. The van der Waals surface area contributed by atoms with Crippen molar-refractivity contribution in [3.8, 4) is 0 Å². The van der Waals surface area contributed by atoms with Gasteiger partial charge in [-0.15, -0.1) is 0 Å². The van der Waals surface area contributed by atoms with E-state index in [4.69, 9.17) is 0 Å². The van der Waals surface area contributed by atoms with Crippen molar-refractivity contribution in [2.75, 3.05) is 11.5 Å². The molecule has 7 nitrogen and oxygen atoms in total. The highest BCUT2D eigenvalue weighted by molar-refractivity contribution is 7.91. The van der Waals surface area contributed by atoms with Crippen LogP contribution in [-0.4, -0.2) is 48.5 Å². The predicted octanol–water partition coefficient (Wildman–Crippen LogP) is 0.916. The van der Waals surface area contributed by atoms with Gasteiger partial charge >= 0.3 is 0 Å². The van der Waals surface area contributed by atoms with Gasteiger partial charge < -0.3 is 5.32 Å². The van der Waals surface area contributed by atoms with Gasteiger partial charge in [0.2, 0.25) is 5.91 Å². The highest BCUT2D eigenvalue weighted by Crippen LogP contribution is 2.22. The molecular formula is C17H20FN3O4S. The topological polar surface area (TPSA) is 95.9 Å². The molecule has 0 bridgehead atoms. The van der Waals surface area contributed by atoms with Crippen molar-refractivity contribution in [2.24, 2.45) is 5.10 Å². The zero-order chi connectivity index (χ0) is 18.9. The van der Waals surface area contributed by atoms with Crippen LogP contribution in [-0.2, 0) is 26.0 Å². The monoisotopic (exact) mass is 381 g/mol. The SMILES string of the molecule is Cc1ccc(CNC(=O)C2=NN([C@@H]3CCS(=O)(=O)C3)C(=O)CC2)cc1F. The third kappa shape index (κ3) is 4.09. The number of halogens is 1. The van der Waals surface area contributed by atoms with Gasteiger partial charge in [0, 0.05) is 19.4 Å². The van der Waals surface area contributed by atoms with Gasteiger partial charge in [-0.1, -0.05) is 12.1 Å². The first kappa shape index (κ1) is 18.5. The third-order valence-corrected chi connectivity index (χ3v) is 6.32. The predicted molar refractivity (Wildman–Crippen MR) is 93.6 cm³/mol. The van der Waals surface area contributed by atoms with Gasteiger partial charge in [0.05, 0.1) is 17.5 Å². The van der Waals surface area contributed by atoms with Crippen molar-refractivity contribution in [3.63, 3.8) is 0 Å². The fraction of sp³-hybridized carbons (Fsp3) is 0.471. The maximum atomic E-state index is 13.6. The summed E-state index contributed by atoms with van der Waals surface area (Å²) in [6, 6.07) is 4.20. The second kappa shape index (κ2) is 7.14. The van der Waals surface area contributed by atoms with Crippen molar-refractivity contribution >= 4 is 27.4 Å². The molecule has 0 unspecified atom stereocenters. The molecule has 2 amide bonds. The molecule has 26 heavy (non-hydrogen) atoms. The van der Waals surface area contributed by atoms with Crippen molar-refractivity contribution in [1.29, 1.82) is 0 Å². The molecule has 2 aliphatic heterocycles. The van der Waals surface area contributed by atoms with E-state index in [0.29, 0.717) is 17.5 Å². The molecule has 0 aromatic heterocycles. The van der Waals surface area contributed by atoms with E-state index in [1.807, 2.05) is 0 Å². The summed E-state index contributed by atoms with van der Waals surface area (Å²) in [7, 11) is -3.16. The van der Waals surface area contributed by atoms with Crippen LogP contribution >= 0.6 is 0 Å². The van der Waals surface area contributed by atoms with E-state index < -0.39 is 21.8 Å². The molecule has 1 aromatic rings. The molecule has 0 radical (unpaired) electrons. The summed E-state index contributed by atoms with van der Waals surface area (Å²) in [6.07, 6.45) is 0.639. The van der Waals surface area contributed by atoms with E-state index in [9.17, 15) is 22.4 Å². The number of carbonyl (C=O) groups is 2. The molecule has 1 aromatic carbocycles. The fourth-order valence-corrected chi connectivity index (χ4v) is 4.71. The van der Waals surface area contributed by atoms with E-state index >= 15 is 0 Å². The lowest BCUT2D eigenvalue weighted by molar-refractivity contribution is -0.133. The van der Waals surface area contributed by atoms with Gasteiger partial charge in [-0.3, -0.25) is 9.59 Å². The first-order chi connectivity index (χ1) is 12.2. The molecule has 0 spiro atoms. The number of nitrogens with zero attached hydrogens (tertiary/aromatic N) is 2. The average molecular weight is 381 g/mol. The minimum atomic E-state index is -3.16. The maximum Gasteiger partial charge on any atom is 0.267 e. The van der Waals surface area contributed by atoms with Gasteiger partial charge in [-0.05, 0) is 30.5 Å². The second-order valence-corrected chi connectivity index (χ2v) is 8.84. The maximum absolute atomic E-state index is 13.6. The van der Waals surface area contributed by atoms with Crippen molar-refractivity contribution in [2.45, 2.75) is 38.8 Å². The number of nitrogens with one attached hydrogen (secondary N) is 1. The number of hydrogen-bond donors (Lipinski definition) is 1. The molecule has 0 saturated carbocycles. The Morgan fingerprint density at radius 3 is 2.81 bits per heavy atom. The van der Waals surface area contributed by atoms with E-state index in [-0.39, 0.29) is 48.3 Å². The summed E-state index contributed by atoms with van der Waals surface area (Å²) in [6.45, 7) is 1.80. The first-order valence-corrected chi connectivity index (χ1v) is 10.2. The summed E-state index contributed by atoms with van der Waals surface area (Å²) in [5.41, 5.74) is 1.33. The number of sulfone groups is 1. The quantitative estimate of drug-likeness (QED) is 0.839. The molecular weight excluding hydrogens is 361 g/mol. The van der Waals surface area contributed by atoms with E-state index in [0.717, 1.165) is 5.01 Å². The van der Waals surface area contributed by atoms with Crippen LogP contribution in [0.5, 0.6) is 0 Å². The van der Waals surface area contributed by atoms with Gasteiger partial charge in [0.15, 0.2) is 9.84 Å². The summed E-state index contributed by atoms with van der Waals surface area (Å²) >= 11 is 0. The molecule has 1 saturated heterocycles. The number of aryl methyl sites for hydroxylation is 1. The summed E-state index contributed by atoms with van der Waals surface area (Å²) < 4.78 is 36.8. The van der Waals surface area contributed by atoms with Crippen LogP contribution in [0, 0.1) is 12.7 Å². The zero-order valence-electron chi connectivity index (χ0n) is 14.4. The smallest absolute Gasteiger partial charge is 0.267 e. The van der Waals surface area contributed by atoms with Crippen LogP contribution < -0.4 is 5.32 Å². The molecule has 1 fully saturated rings. The molecule has 140 valence electrons. The molecule has 0 aliphatic carbocycles. The van der Waals surface area contributed by atoms with Crippen LogP contribution in [0.1, 0.15) is 30.4 Å². The second-order valence-electron chi connectivity index (χ2n) is 6.61. The number of amides is 2. The van der Waals surface area contributed by atoms with Gasteiger partial charge in [-0.2, -0.15) is 5.10 Å². The highest BCUT2D eigenvalue weighted by atomic mass is 32.2. The highest BCUT2D eigenvalue weighted by Gasteiger charge is 2.37. The summed E-state index contributed by atoms with van der Waals surface area (Å²) in [5.74, 6) is -1.16. The van der Waals surface area contributed by atoms with Gasteiger partial charge in [0.1, 0.15) is 11.5 Å². The summed E-state index contributed by atoms with van der Waals surface area (Å²) in [4.78, 5) is 24.4. The molecule has 1 atom stereocenters. The third-order valence-electron chi connectivity index (χ3n) is 4.57. The lowest BCUT2D eigenvalue weighted by atomic mass is 10.1. The van der Waals surface area contributed by atoms with Crippen LogP contribution in [0.3, 0.4) is 0 Å². The number of carbonyl (C=O) groups excluding carboxylic acids is 2. The minimum Gasteiger partial charge on any atom is -0.347 e. The standard InChI is InChI=1S/C17H20FN3O4S/c1-11-2-3-12(8-14(11)18)9-19-17(23)15-4-5-16(22)21(20-15)13-6-7-26(24,25)10-13/h2-3,8,13H,4-7,9-10H2,1H3,(H,19,23)/t13-/m1/s1. The lowest BCUT2D eigenvalue weighted by Gasteiger charge is -2.27. The van der Waals surface area contributed by atoms with Crippen LogP contribution in [0.15, 0.2) is 23.3 Å². The Kier molecular flexibility index (Phi) is 5.08. The Bertz CT molecular complexity index is 882. The van der Waals surface area contributed by atoms with Crippen molar-refractivity contribution in [1.82, 2.24) is 10.3 Å². The minimum absolute atomic E-state index is 0.0253. The normalized spacial score (nSPS) is 22.2. The van der Waals surface area contributed by atoms with Crippen LogP contribution in [0.2, 0.25) is 0 Å². The number of rotatable bonds is 4. The number of benzene rings is 1. The number of hydrazone groups is 1. The zero-order valence-corrected chi connectivity index (χ0v) is 15.2. The Hall–Kier alpha value is -2.29. The largest absolute Gasteiger partial charge is 0.347 e. The Morgan fingerprint density at radius 1 is 1.38 bits per heavy atom. The van der Waals surface area contributed by atoms with Crippen LogP contribution in [0.4, 0.5) is 4.39 Å².